The summed E-state index contributed by atoms with van der Waals surface area (Å²) in [6.45, 7) is 0. The molecule has 0 spiro atoms. The number of hydrogen-bond acceptors (Lipinski definition) is 0. The lowest BCUT2D eigenvalue weighted by molar-refractivity contribution is 0.0520. The molecule has 0 heteroatoms. The maximum atomic E-state index is 1.62. The van der Waals surface area contributed by atoms with E-state index in [2.05, 4.69) is 0 Å². The monoisotopic (exact) mass is 192 g/mol. The van der Waals surface area contributed by atoms with Gasteiger partial charge in [-0.2, -0.15) is 0 Å². The molecule has 80 valence electrons. The summed E-state index contributed by atoms with van der Waals surface area (Å²) in [7, 11) is 0. The Balaban J connectivity index is 1.68. The minimum atomic E-state index is 1.16. The molecule has 0 heterocycles. The zero-order chi connectivity index (χ0) is 9.38. The molecule has 3 aliphatic carbocycles. The standard InChI is InChI=1S/C14H24/c1-2-6-12-10-14-8-4-3-7-13(14)9-11(12)5-1/h11-14H,1-10H2/t11-,12-,13-,14+/m1/s1. The van der Waals surface area contributed by atoms with Crippen LogP contribution in [0.15, 0.2) is 0 Å². The zero-order valence-electron chi connectivity index (χ0n) is 9.38. The lowest BCUT2D eigenvalue weighted by Gasteiger charge is -2.46. The van der Waals surface area contributed by atoms with Gasteiger partial charge in [-0.1, -0.05) is 51.4 Å². The summed E-state index contributed by atoms with van der Waals surface area (Å²) >= 11 is 0. The summed E-state index contributed by atoms with van der Waals surface area (Å²) in [6.07, 6.45) is 15.7. The second-order valence-electron chi connectivity index (χ2n) is 6.08. The van der Waals surface area contributed by atoms with Gasteiger partial charge in [0.15, 0.2) is 0 Å². The molecule has 3 aliphatic rings. The molecule has 0 aliphatic heterocycles. The molecule has 0 aromatic heterocycles. The fraction of sp³-hybridized carbons (Fsp3) is 1.00. The van der Waals surface area contributed by atoms with Gasteiger partial charge in [0.25, 0.3) is 0 Å². The molecule has 3 rings (SSSR count). The highest BCUT2D eigenvalue weighted by atomic mass is 14.4. The van der Waals surface area contributed by atoms with Crippen molar-refractivity contribution in [3.8, 4) is 0 Å². The van der Waals surface area contributed by atoms with Crippen LogP contribution in [0.5, 0.6) is 0 Å². The predicted octanol–water partition coefficient (Wildman–Crippen LogP) is 4.39. The Morgan fingerprint density at radius 2 is 0.714 bits per heavy atom. The van der Waals surface area contributed by atoms with Gasteiger partial charge < -0.3 is 0 Å². The predicted molar refractivity (Wildman–Crippen MR) is 60.1 cm³/mol. The summed E-state index contributed by atoms with van der Waals surface area (Å²) in [5, 5.41) is 0. The Bertz CT molecular complexity index is 154. The number of fused-ring (bicyclic) bond motifs is 2. The van der Waals surface area contributed by atoms with Crippen molar-refractivity contribution in [1.29, 1.82) is 0 Å². The SMILES string of the molecule is C1CC[C@@H]2C[C@@H]3CCCC[C@@H]3C[C@H]2C1. The van der Waals surface area contributed by atoms with Crippen LogP contribution in [0.25, 0.3) is 0 Å². The van der Waals surface area contributed by atoms with Crippen LogP contribution in [-0.4, -0.2) is 0 Å². The first-order valence-corrected chi connectivity index (χ1v) is 6.93. The molecule has 0 nitrogen and oxygen atoms in total. The number of rotatable bonds is 0. The lowest BCUT2D eigenvalue weighted by Crippen LogP contribution is -2.35. The van der Waals surface area contributed by atoms with E-state index < -0.39 is 0 Å². The van der Waals surface area contributed by atoms with Gasteiger partial charge in [-0.25, -0.2) is 0 Å². The highest BCUT2D eigenvalue weighted by molar-refractivity contribution is 4.89. The molecule has 0 N–H and O–H groups in total. The van der Waals surface area contributed by atoms with Crippen molar-refractivity contribution in [2.24, 2.45) is 23.7 Å². The van der Waals surface area contributed by atoms with Crippen LogP contribution in [0.2, 0.25) is 0 Å². The van der Waals surface area contributed by atoms with Gasteiger partial charge in [0.1, 0.15) is 0 Å². The van der Waals surface area contributed by atoms with E-state index in [-0.39, 0.29) is 0 Å². The van der Waals surface area contributed by atoms with Gasteiger partial charge >= 0.3 is 0 Å². The van der Waals surface area contributed by atoms with E-state index in [9.17, 15) is 0 Å². The quantitative estimate of drug-likeness (QED) is 0.534. The molecule has 0 amide bonds. The Kier molecular flexibility index (Phi) is 2.55. The zero-order valence-corrected chi connectivity index (χ0v) is 9.38. The molecule has 4 atom stereocenters. The summed E-state index contributed by atoms with van der Waals surface area (Å²) in [5.74, 6) is 4.62. The average molecular weight is 192 g/mol. The first kappa shape index (κ1) is 9.24. The van der Waals surface area contributed by atoms with Crippen molar-refractivity contribution in [3.05, 3.63) is 0 Å². The van der Waals surface area contributed by atoms with Gasteiger partial charge in [-0.15, -0.1) is 0 Å². The van der Waals surface area contributed by atoms with Crippen molar-refractivity contribution in [2.45, 2.75) is 64.2 Å². The summed E-state index contributed by atoms with van der Waals surface area (Å²) in [4.78, 5) is 0. The molecule has 0 radical (unpaired) electrons. The highest BCUT2D eigenvalue weighted by Gasteiger charge is 2.38. The van der Waals surface area contributed by atoms with Crippen LogP contribution >= 0.6 is 0 Å². The average Bonchev–Trinajstić information content (AvgIpc) is 2.26. The molecule has 0 aromatic rings. The third-order valence-corrected chi connectivity index (χ3v) is 5.34. The molecular formula is C14H24. The van der Waals surface area contributed by atoms with Crippen molar-refractivity contribution in [2.75, 3.05) is 0 Å². The van der Waals surface area contributed by atoms with Crippen LogP contribution in [0.1, 0.15) is 64.2 Å². The van der Waals surface area contributed by atoms with Crippen LogP contribution in [0, 0.1) is 23.7 Å². The summed E-state index contributed by atoms with van der Waals surface area (Å²) in [6, 6.07) is 0. The van der Waals surface area contributed by atoms with E-state index in [0.29, 0.717) is 0 Å². The van der Waals surface area contributed by atoms with E-state index in [1.165, 1.54) is 0 Å². The van der Waals surface area contributed by atoms with Gasteiger partial charge in [-0.05, 0) is 36.5 Å². The van der Waals surface area contributed by atoms with Crippen molar-refractivity contribution >= 4 is 0 Å². The molecule has 14 heavy (non-hydrogen) atoms. The largest absolute Gasteiger partial charge is 0.0530 e. The van der Waals surface area contributed by atoms with Crippen LogP contribution in [-0.2, 0) is 0 Å². The van der Waals surface area contributed by atoms with Gasteiger partial charge in [0, 0.05) is 0 Å². The first-order valence-electron chi connectivity index (χ1n) is 6.93. The molecule has 0 bridgehead atoms. The minimum absolute atomic E-state index is 1.16. The normalized spacial score (nSPS) is 48.0. The van der Waals surface area contributed by atoms with Crippen molar-refractivity contribution in [1.82, 2.24) is 0 Å². The minimum Gasteiger partial charge on any atom is -0.0530 e. The fourth-order valence-corrected chi connectivity index (χ4v) is 4.59. The number of hydrogen-bond donors (Lipinski definition) is 0. The lowest BCUT2D eigenvalue weighted by atomic mass is 9.60. The van der Waals surface area contributed by atoms with E-state index in [0.717, 1.165) is 23.7 Å². The van der Waals surface area contributed by atoms with Crippen molar-refractivity contribution < 1.29 is 0 Å². The van der Waals surface area contributed by atoms with E-state index in [4.69, 9.17) is 0 Å². The fourth-order valence-electron chi connectivity index (χ4n) is 4.59. The van der Waals surface area contributed by atoms with E-state index in [1.807, 2.05) is 0 Å². The van der Waals surface area contributed by atoms with Crippen molar-refractivity contribution in [3.63, 3.8) is 0 Å². The second kappa shape index (κ2) is 3.87. The second-order valence-corrected chi connectivity index (χ2v) is 6.08. The molecule has 0 aromatic carbocycles. The summed E-state index contributed by atoms with van der Waals surface area (Å²) in [5.41, 5.74) is 0. The van der Waals surface area contributed by atoms with Crippen LogP contribution in [0.4, 0.5) is 0 Å². The van der Waals surface area contributed by atoms with E-state index >= 15 is 0 Å². The Hall–Kier alpha value is 0. The summed E-state index contributed by atoms with van der Waals surface area (Å²) < 4.78 is 0. The van der Waals surface area contributed by atoms with Gasteiger partial charge in [0.05, 0.1) is 0 Å². The third-order valence-electron chi connectivity index (χ3n) is 5.34. The first-order chi connectivity index (χ1) is 6.93. The molecule has 0 saturated heterocycles. The Morgan fingerprint density at radius 3 is 1.00 bits per heavy atom. The maximum absolute atomic E-state index is 1.62. The molecule has 0 unspecified atom stereocenters. The van der Waals surface area contributed by atoms with Gasteiger partial charge in [0.2, 0.25) is 0 Å². The topological polar surface area (TPSA) is 0 Å². The van der Waals surface area contributed by atoms with Gasteiger partial charge in [-0.3, -0.25) is 0 Å². The maximum Gasteiger partial charge on any atom is -0.0383 e. The Labute approximate surface area is 88.5 Å². The molecule has 3 saturated carbocycles. The molecule has 3 fully saturated rings. The Morgan fingerprint density at radius 1 is 0.429 bits per heavy atom. The smallest absolute Gasteiger partial charge is 0.0383 e. The van der Waals surface area contributed by atoms with E-state index in [1.54, 1.807) is 64.2 Å². The van der Waals surface area contributed by atoms with Crippen LogP contribution < -0.4 is 0 Å². The van der Waals surface area contributed by atoms with Crippen LogP contribution in [0.3, 0.4) is 0 Å². The molecular weight excluding hydrogens is 168 g/mol. The highest BCUT2D eigenvalue weighted by Crippen LogP contribution is 2.49. The third kappa shape index (κ3) is 1.61.